The maximum Gasteiger partial charge on any atom is 0.246 e. The first-order chi connectivity index (χ1) is 10.7. The molecule has 0 aliphatic rings. The molecule has 1 N–H and O–H groups in total. The topological polar surface area (TPSA) is 38.3 Å². The Morgan fingerprint density at radius 3 is 2.30 bits per heavy atom. The van der Waals surface area contributed by atoms with Gasteiger partial charge in [-0.25, -0.2) is 0 Å². The van der Waals surface area contributed by atoms with E-state index in [1.54, 1.807) is 0 Å². The molecule has 1 aromatic rings. The second kappa shape index (κ2) is 14.6. The van der Waals surface area contributed by atoms with E-state index in [4.69, 9.17) is 4.74 Å². The number of amides is 1. The number of carbonyl (C=O) groups is 1. The zero-order chi connectivity index (χ0) is 16.0. The molecular formula is C19H33NO2S. The van der Waals surface area contributed by atoms with E-state index in [-0.39, 0.29) is 32.1 Å². The third kappa shape index (κ3) is 11.2. The van der Waals surface area contributed by atoms with Crippen molar-refractivity contribution in [3.05, 3.63) is 35.9 Å². The fraction of sp³-hybridized carbons (Fsp3) is 0.632. The van der Waals surface area contributed by atoms with E-state index in [1.807, 2.05) is 37.3 Å². The molecule has 1 atom stereocenters. The summed E-state index contributed by atoms with van der Waals surface area (Å²) in [4.78, 5) is 11.8. The van der Waals surface area contributed by atoms with Crippen LogP contribution in [0.15, 0.2) is 30.3 Å². The number of carbonyl (C=O) groups excluding carboxylic acids is 1. The molecule has 0 saturated carbocycles. The van der Waals surface area contributed by atoms with E-state index in [9.17, 15) is 4.79 Å². The first-order valence-electron chi connectivity index (χ1n) is 8.66. The van der Waals surface area contributed by atoms with Gasteiger partial charge in [0, 0.05) is 6.61 Å². The smallest absolute Gasteiger partial charge is 0.246 e. The Bertz CT molecular complexity index is 398. The van der Waals surface area contributed by atoms with E-state index in [0.29, 0.717) is 6.61 Å². The first kappa shape index (κ1) is 22.0. The molecule has 0 fully saturated rings. The van der Waals surface area contributed by atoms with E-state index in [0.717, 1.165) is 12.0 Å². The van der Waals surface area contributed by atoms with Crippen LogP contribution >= 0.6 is 13.5 Å². The number of nitrogens with one attached hydrogen (secondary N) is 1. The summed E-state index contributed by atoms with van der Waals surface area (Å²) in [6.45, 7) is 5.06. The van der Waals surface area contributed by atoms with Gasteiger partial charge in [-0.1, -0.05) is 75.8 Å². The van der Waals surface area contributed by atoms with Crippen LogP contribution < -0.4 is 5.32 Å². The van der Waals surface area contributed by atoms with E-state index >= 15 is 0 Å². The van der Waals surface area contributed by atoms with Crippen molar-refractivity contribution >= 4 is 19.4 Å². The summed E-state index contributed by atoms with van der Waals surface area (Å²) in [5.74, 6) is -0.0423. The minimum absolute atomic E-state index is 0. The fourth-order valence-electron chi connectivity index (χ4n) is 2.43. The van der Waals surface area contributed by atoms with Crippen LogP contribution in [0.3, 0.4) is 0 Å². The van der Waals surface area contributed by atoms with E-state index in [2.05, 4.69) is 12.2 Å². The average molecular weight is 340 g/mol. The average Bonchev–Trinajstić information content (AvgIpc) is 2.54. The minimum Gasteiger partial charge on any atom is -0.372 e. The fourth-order valence-corrected chi connectivity index (χ4v) is 2.43. The van der Waals surface area contributed by atoms with Crippen molar-refractivity contribution in [3.8, 4) is 0 Å². The molecule has 4 heteroatoms. The summed E-state index contributed by atoms with van der Waals surface area (Å²) < 4.78 is 5.45. The van der Waals surface area contributed by atoms with Crippen molar-refractivity contribution in [2.45, 2.75) is 64.8 Å². The maximum atomic E-state index is 11.8. The van der Waals surface area contributed by atoms with Gasteiger partial charge in [-0.2, -0.15) is 13.5 Å². The number of benzene rings is 1. The summed E-state index contributed by atoms with van der Waals surface area (Å²) in [5.41, 5.74) is 1.11. The quantitative estimate of drug-likeness (QED) is 0.558. The van der Waals surface area contributed by atoms with Crippen molar-refractivity contribution in [1.29, 1.82) is 0 Å². The summed E-state index contributed by atoms with van der Waals surface area (Å²) in [7, 11) is 0. The van der Waals surface area contributed by atoms with Crippen LogP contribution in [0.5, 0.6) is 0 Å². The Labute approximate surface area is 148 Å². The highest BCUT2D eigenvalue weighted by atomic mass is 32.1. The number of hydrogen-bond acceptors (Lipinski definition) is 2. The molecule has 0 saturated heterocycles. The van der Waals surface area contributed by atoms with Crippen molar-refractivity contribution in [2.24, 2.45) is 0 Å². The Kier molecular flexibility index (Phi) is 13.9. The molecule has 0 bridgehead atoms. The van der Waals surface area contributed by atoms with E-state index < -0.39 is 0 Å². The van der Waals surface area contributed by atoms with Gasteiger partial charge in [-0.05, 0) is 18.9 Å². The second-order valence-electron chi connectivity index (χ2n) is 5.87. The van der Waals surface area contributed by atoms with E-state index in [1.165, 1.54) is 38.5 Å². The van der Waals surface area contributed by atoms with Crippen LogP contribution in [-0.4, -0.2) is 19.1 Å². The maximum absolute atomic E-state index is 11.8. The summed E-state index contributed by atoms with van der Waals surface area (Å²) >= 11 is 0. The molecule has 0 spiro atoms. The number of unbranched alkanes of at least 4 members (excludes halogenated alkanes) is 6. The van der Waals surface area contributed by atoms with Gasteiger partial charge in [0.15, 0.2) is 0 Å². The predicted octanol–water partition coefficient (Wildman–Crippen LogP) is 4.74. The van der Waals surface area contributed by atoms with Crippen LogP contribution in [0, 0.1) is 0 Å². The standard InChI is InChI=1S/C19H31NO2.H2S/c1-3-4-5-6-7-8-12-15-22-16-19(21)20-17(2)18-13-10-9-11-14-18;/h9-11,13-14,17H,3-8,12,15-16H2,1-2H3,(H,20,21);1H2/t17-;/m0./s1. The van der Waals surface area contributed by atoms with Crippen LogP contribution in [0.25, 0.3) is 0 Å². The van der Waals surface area contributed by atoms with Gasteiger partial charge in [0.25, 0.3) is 0 Å². The van der Waals surface area contributed by atoms with Gasteiger partial charge < -0.3 is 10.1 Å². The van der Waals surface area contributed by atoms with Crippen LogP contribution in [0.2, 0.25) is 0 Å². The third-order valence-electron chi connectivity index (χ3n) is 3.80. The molecule has 3 nitrogen and oxygen atoms in total. The monoisotopic (exact) mass is 339 g/mol. The largest absolute Gasteiger partial charge is 0.372 e. The SMILES string of the molecule is CCCCCCCCCOCC(=O)N[C@@H](C)c1ccccc1.S. The molecular weight excluding hydrogens is 306 g/mol. The molecule has 0 aliphatic carbocycles. The molecule has 23 heavy (non-hydrogen) atoms. The normalized spacial score (nSPS) is 11.6. The van der Waals surface area contributed by atoms with Crippen molar-refractivity contribution in [2.75, 3.05) is 13.2 Å². The molecule has 1 rings (SSSR count). The Morgan fingerprint density at radius 2 is 1.65 bits per heavy atom. The number of ether oxygens (including phenoxy) is 1. The summed E-state index contributed by atoms with van der Waals surface area (Å²) in [5, 5.41) is 2.96. The van der Waals surface area contributed by atoms with Crippen molar-refractivity contribution in [3.63, 3.8) is 0 Å². The molecule has 0 heterocycles. The highest BCUT2D eigenvalue weighted by molar-refractivity contribution is 7.59. The van der Waals surface area contributed by atoms with Gasteiger partial charge in [-0.15, -0.1) is 0 Å². The Hall–Kier alpha value is -1.00. The Balaban J connectivity index is 0.00000484. The molecule has 1 amide bonds. The molecule has 132 valence electrons. The highest BCUT2D eigenvalue weighted by Crippen LogP contribution is 2.10. The highest BCUT2D eigenvalue weighted by Gasteiger charge is 2.08. The molecule has 0 unspecified atom stereocenters. The van der Waals surface area contributed by atoms with Gasteiger partial charge in [0.1, 0.15) is 6.61 Å². The minimum atomic E-state index is -0.0423. The zero-order valence-electron chi connectivity index (χ0n) is 14.6. The lowest BCUT2D eigenvalue weighted by Gasteiger charge is -2.14. The van der Waals surface area contributed by atoms with Gasteiger partial charge in [-0.3, -0.25) is 4.79 Å². The van der Waals surface area contributed by atoms with Crippen LogP contribution in [0.4, 0.5) is 0 Å². The first-order valence-corrected chi connectivity index (χ1v) is 8.66. The van der Waals surface area contributed by atoms with Gasteiger partial charge in [0.2, 0.25) is 5.91 Å². The lowest BCUT2D eigenvalue weighted by Crippen LogP contribution is -2.30. The van der Waals surface area contributed by atoms with Crippen LogP contribution in [-0.2, 0) is 9.53 Å². The molecule has 0 aliphatic heterocycles. The third-order valence-corrected chi connectivity index (χ3v) is 3.80. The lowest BCUT2D eigenvalue weighted by atomic mass is 10.1. The number of rotatable bonds is 12. The van der Waals surface area contributed by atoms with Crippen molar-refractivity contribution < 1.29 is 9.53 Å². The number of hydrogen-bond donors (Lipinski definition) is 1. The Morgan fingerprint density at radius 1 is 1.04 bits per heavy atom. The summed E-state index contributed by atoms with van der Waals surface area (Å²) in [6.07, 6.45) is 8.83. The zero-order valence-corrected chi connectivity index (χ0v) is 15.6. The van der Waals surface area contributed by atoms with Gasteiger partial charge in [0.05, 0.1) is 6.04 Å². The van der Waals surface area contributed by atoms with Crippen LogP contribution in [0.1, 0.15) is 70.4 Å². The molecule has 1 aromatic carbocycles. The van der Waals surface area contributed by atoms with Gasteiger partial charge >= 0.3 is 0 Å². The molecule has 0 radical (unpaired) electrons. The molecule has 0 aromatic heterocycles. The van der Waals surface area contributed by atoms with Crippen molar-refractivity contribution in [1.82, 2.24) is 5.32 Å². The second-order valence-corrected chi connectivity index (χ2v) is 5.87. The summed E-state index contributed by atoms with van der Waals surface area (Å²) in [6, 6.07) is 10.00. The predicted molar refractivity (Wildman–Crippen MR) is 102 cm³/mol. The lowest BCUT2D eigenvalue weighted by molar-refractivity contribution is -0.126.